The highest BCUT2D eigenvalue weighted by atomic mass is 32.1. The van der Waals surface area contributed by atoms with Crippen LogP contribution in [-0.2, 0) is 17.6 Å². The van der Waals surface area contributed by atoms with Gasteiger partial charge in [0.05, 0.1) is 11.9 Å². The van der Waals surface area contributed by atoms with Gasteiger partial charge in [-0.05, 0) is 24.0 Å². The van der Waals surface area contributed by atoms with Crippen molar-refractivity contribution in [2.24, 2.45) is 10.9 Å². The average molecular weight is 288 g/mol. The molecule has 0 saturated heterocycles. The van der Waals surface area contributed by atoms with Gasteiger partial charge in [0.2, 0.25) is 5.91 Å². The van der Waals surface area contributed by atoms with Crippen LogP contribution in [0.4, 0.5) is 5.13 Å². The van der Waals surface area contributed by atoms with E-state index >= 15 is 0 Å². The highest BCUT2D eigenvalue weighted by molar-refractivity contribution is 7.13. The number of aromatic nitrogens is 1. The molecule has 0 bridgehead atoms. The molecule has 0 spiro atoms. The summed E-state index contributed by atoms with van der Waals surface area (Å²) in [6.45, 7) is 1.48. The van der Waals surface area contributed by atoms with E-state index in [0.29, 0.717) is 5.13 Å². The highest BCUT2D eigenvalue weighted by Gasteiger charge is 2.03. The van der Waals surface area contributed by atoms with Crippen molar-refractivity contribution in [2.75, 3.05) is 5.32 Å². The minimum Gasteiger partial charge on any atom is -0.323 e. The van der Waals surface area contributed by atoms with Crippen molar-refractivity contribution in [3.05, 3.63) is 46.5 Å². The number of anilines is 1. The minimum atomic E-state index is -0.0944. The number of nitrogens with zero attached hydrogens (tertiary/aromatic N) is 2. The molecule has 0 aliphatic heterocycles. The fourth-order valence-electron chi connectivity index (χ4n) is 1.76. The van der Waals surface area contributed by atoms with Gasteiger partial charge >= 0.3 is 0 Å². The molecule has 1 aromatic carbocycles. The lowest BCUT2D eigenvalue weighted by molar-refractivity contribution is -0.114. The molecular weight excluding hydrogens is 272 g/mol. The zero-order chi connectivity index (χ0) is 14.4. The molecule has 0 unspecified atom stereocenters. The van der Waals surface area contributed by atoms with Gasteiger partial charge in [-0.3, -0.25) is 4.79 Å². The lowest BCUT2D eigenvalue weighted by atomic mass is 10.1. The molecule has 0 radical (unpaired) electrons. The third-order valence-corrected chi connectivity index (χ3v) is 3.51. The molecule has 0 aliphatic carbocycles. The number of amides is 1. The summed E-state index contributed by atoms with van der Waals surface area (Å²) in [6.07, 6.45) is 3.37. The van der Waals surface area contributed by atoms with E-state index in [4.69, 9.17) is 5.84 Å². The second kappa shape index (κ2) is 6.81. The molecule has 0 saturated carbocycles. The number of nitrogens with two attached hydrogens (primary N) is 1. The number of aryl methyl sites for hydroxylation is 2. The monoisotopic (exact) mass is 288 g/mol. The Hall–Kier alpha value is -2.21. The first-order valence-corrected chi connectivity index (χ1v) is 7.09. The number of hydrogen-bond acceptors (Lipinski definition) is 5. The van der Waals surface area contributed by atoms with Crippen molar-refractivity contribution < 1.29 is 4.79 Å². The molecule has 2 aromatic rings. The minimum absolute atomic E-state index is 0.0944. The van der Waals surface area contributed by atoms with E-state index in [1.54, 1.807) is 6.21 Å². The van der Waals surface area contributed by atoms with Gasteiger partial charge in [0.1, 0.15) is 0 Å². The lowest BCUT2D eigenvalue weighted by Gasteiger charge is -2.00. The lowest BCUT2D eigenvalue weighted by Crippen LogP contribution is -2.05. The van der Waals surface area contributed by atoms with Crippen LogP contribution in [0.1, 0.15) is 23.7 Å². The van der Waals surface area contributed by atoms with Crippen LogP contribution in [0.5, 0.6) is 0 Å². The number of benzene rings is 1. The summed E-state index contributed by atoms with van der Waals surface area (Å²) < 4.78 is 0. The van der Waals surface area contributed by atoms with Gasteiger partial charge < -0.3 is 11.2 Å². The van der Waals surface area contributed by atoms with Crippen LogP contribution in [0.2, 0.25) is 0 Å². The molecule has 6 heteroatoms. The first-order valence-electron chi connectivity index (χ1n) is 6.21. The maximum absolute atomic E-state index is 10.9. The van der Waals surface area contributed by atoms with Crippen molar-refractivity contribution in [3.63, 3.8) is 0 Å². The summed E-state index contributed by atoms with van der Waals surface area (Å²) in [7, 11) is 0. The Balaban J connectivity index is 1.91. The quantitative estimate of drug-likeness (QED) is 0.503. The summed E-state index contributed by atoms with van der Waals surface area (Å²) in [6, 6.07) is 8.07. The van der Waals surface area contributed by atoms with Crippen LogP contribution < -0.4 is 11.2 Å². The third-order valence-electron chi connectivity index (χ3n) is 2.71. The van der Waals surface area contributed by atoms with E-state index in [-0.39, 0.29) is 5.91 Å². The van der Waals surface area contributed by atoms with E-state index < -0.39 is 0 Å². The SMILES string of the molecule is CC(=O)Nc1nc(CCc2ccc(C=NN)cc2)cs1. The Bertz CT molecular complexity index is 604. The molecule has 3 N–H and O–H groups in total. The molecule has 20 heavy (non-hydrogen) atoms. The molecule has 0 fully saturated rings. The molecule has 104 valence electrons. The summed E-state index contributed by atoms with van der Waals surface area (Å²) in [4.78, 5) is 15.3. The predicted octanol–water partition coefficient (Wildman–Crippen LogP) is 2.18. The summed E-state index contributed by atoms with van der Waals surface area (Å²) in [5.74, 6) is 5.01. The second-order valence-corrected chi connectivity index (χ2v) is 5.20. The molecule has 2 rings (SSSR count). The summed E-state index contributed by atoms with van der Waals surface area (Å²) >= 11 is 1.45. The molecule has 1 heterocycles. The molecular formula is C14H16N4OS. The largest absolute Gasteiger partial charge is 0.323 e. The van der Waals surface area contributed by atoms with Gasteiger partial charge in [-0.15, -0.1) is 11.3 Å². The first-order chi connectivity index (χ1) is 9.67. The first kappa shape index (κ1) is 14.2. The van der Waals surface area contributed by atoms with Crippen LogP contribution in [0, 0.1) is 0 Å². The van der Waals surface area contributed by atoms with Gasteiger partial charge in [0.15, 0.2) is 5.13 Å². The van der Waals surface area contributed by atoms with E-state index in [2.05, 4.69) is 27.5 Å². The van der Waals surface area contributed by atoms with Gasteiger partial charge in [0, 0.05) is 12.3 Å². The van der Waals surface area contributed by atoms with Crippen molar-refractivity contribution in [3.8, 4) is 0 Å². The van der Waals surface area contributed by atoms with E-state index in [0.717, 1.165) is 24.1 Å². The standard InChI is InChI=1S/C14H16N4OS/c1-10(19)17-14-18-13(9-20-14)7-6-11-2-4-12(5-3-11)8-16-15/h2-5,8-9H,6-7,15H2,1H3,(H,17,18,19). The smallest absolute Gasteiger partial charge is 0.223 e. The molecule has 0 atom stereocenters. The fourth-order valence-corrected chi connectivity index (χ4v) is 2.55. The number of hydrogen-bond donors (Lipinski definition) is 2. The topological polar surface area (TPSA) is 80.4 Å². The van der Waals surface area contributed by atoms with Crippen molar-refractivity contribution >= 4 is 28.6 Å². The zero-order valence-corrected chi connectivity index (χ0v) is 12.0. The van der Waals surface area contributed by atoms with E-state index in [1.807, 2.05) is 17.5 Å². The van der Waals surface area contributed by atoms with Gasteiger partial charge in [-0.25, -0.2) is 4.98 Å². The number of carbonyl (C=O) groups is 1. The maximum atomic E-state index is 10.9. The molecule has 0 aliphatic rings. The van der Waals surface area contributed by atoms with Gasteiger partial charge in [0.25, 0.3) is 0 Å². The Kier molecular flexibility index (Phi) is 4.84. The zero-order valence-electron chi connectivity index (χ0n) is 11.2. The van der Waals surface area contributed by atoms with Gasteiger partial charge in [-0.2, -0.15) is 5.10 Å². The number of hydrazone groups is 1. The van der Waals surface area contributed by atoms with E-state index in [9.17, 15) is 4.79 Å². The number of nitrogens with one attached hydrogen (secondary N) is 1. The normalized spacial score (nSPS) is 10.8. The third kappa shape index (κ3) is 4.17. The van der Waals surface area contributed by atoms with Crippen molar-refractivity contribution in [2.45, 2.75) is 19.8 Å². The van der Waals surface area contributed by atoms with Crippen LogP contribution in [0.15, 0.2) is 34.7 Å². The summed E-state index contributed by atoms with van der Waals surface area (Å²) in [5.41, 5.74) is 3.21. The number of rotatable bonds is 5. The van der Waals surface area contributed by atoms with Gasteiger partial charge in [-0.1, -0.05) is 24.3 Å². The highest BCUT2D eigenvalue weighted by Crippen LogP contribution is 2.17. The Morgan fingerprint density at radius 2 is 2.15 bits per heavy atom. The second-order valence-electron chi connectivity index (χ2n) is 4.34. The predicted molar refractivity (Wildman–Crippen MR) is 82.0 cm³/mol. The van der Waals surface area contributed by atoms with Crippen molar-refractivity contribution in [1.29, 1.82) is 0 Å². The molecule has 5 nitrogen and oxygen atoms in total. The van der Waals surface area contributed by atoms with Crippen LogP contribution in [-0.4, -0.2) is 17.1 Å². The fraction of sp³-hybridized carbons (Fsp3) is 0.214. The Morgan fingerprint density at radius 1 is 1.40 bits per heavy atom. The Labute approximate surface area is 121 Å². The Morgan fingerprint density at radius 3 is 2.80 bits per heavy atom. The average Bonchev–Trinajstić information content (AvgIpc) is 2.85. The molecule has 1 aromatic heterocycles. The maximum Gasteiger partial charge on any atom is 0.223 e. The molecule has 1 amide bonds. The number of thiazole rings is 1. The van der Waals surface area contributed by atoms with Crippen LogP contribution in [0.3, 0.4) is 0 Å². The number of carbonyl (C=O) groups excluding carboxylic acids is 1. The van der Waals surface area contributed by atoms with E-state index in [1.165, 1.54) is 23.8 Å². The van der Waals surface area contributed by atoms with Crippen LogP contribution in [0.25, 0.3) is 0 Å². The van der Waals surface area contributed by atoms with Crippen molar-refractivity contribution in [1.82, 2.24) is 4.98 Å². The van der Waals surface area contributed by atoms with Crippen LogP contribution >= 0.6 is 11.3 Å². The summed E-state index contributed by atoms with van der Waals surface area (Å²) in [5, 5.41) is 8.80.